The van der Waals surface area contributed by atoms with Crippen LogP contribution in [0.2, 0.25) is 0 Å². The molecule has 0 saturated carbocycles. The minimum atomic E-state index is -3.52. The molecule has 1 aromatic carbocycles. The number of halogens is 1. The summed E-state index contributed by atoms with van der Waals surface area (Å²) in [5.41, 5.74) is 6.75. The molecule has 0 spiro atoms. The van der Waals surface area contributed by atoms with Gasteiger partial charge in [0.15, 0.2) is 0 Å². The molecule has 0 aliphatic carbocycles. The van der Waals surface area contributed by atoms with Gasteiger partial charge in [-0.15, -0.1) is 0 Å². The van der Waals surface area contributed by atoms with Crippen LogP contribution in [0.3, 0.4) is 0 Å². The lowest BCUT2D eigenvalue weighted by Gasteiger charge is -2.11. The molecule has 0 aliphatic heterocycles. The molecule has 0 fully saturated rings. The number of nitrogens with one attached hydrogen (secondary N) is 1. The van der Waals surface area contributed by atoms with E-state index in [1.165, 1.54) is 6.07 Å². The van der Waals surface area contributed by atoms with E-state index >= 15 is 0 Å². The molecule has 7 heteroatoms. The van der Waals surface area contributed by atoms with Crippen LogP contribution in [-0.2, 0) is 14.8 Å². The molecule has 0 radical (unpaired) electrons. The Bertz CT molecular complexity index is 517. The van der Waals surface area contributed by atoms with Gasteiger partial charge >= 0.3 is 0 Å². The van der Waals surface area contributed by atoms with E-state index in [1.807, 2.05) is 0 Å². The Morgan fingerprint density at radius 2 is 2.11 bits per heavy atom. The Morgan fingerprint density at radius 3 is 2.72 bits per heavy atom. The second-order valence-corrected chi connectivity index (χ2v) is 6.47. The maximum atomic E-state index is 12.1. The second kappa shape index (κ2) is 6.51. The summed E-state index contributed by atoms with van der Waals surface area (Å²) in [4.78, 5) is 0.209. The second-order valence-electron chi connectivity index (χ2n) is 3.88. The van der Waals surface area contributed by atoms with Crippen molar-refractivity contribution in [3.8, 4) is 0 Å². The number of nitrogen functional groups attached to an aromatic ring is 1. The molecule has 0 atom stereocenters. The van der Waals surface area contributed by atoms with E-state index in [0.29, 0.717) is 35.3 Å². The first-order valence-electron chi connectivity index (χ1n) is 5.42. The molecule has 0 aromatic heterocycles. The van der Waals surface area contributed by atoms with Gasteiger partial charge in [-0.3, -0.25) is 0 Å². The van der Waals surface area contributed by atoms with Crippen LogP contribution < -0.4 is 10.5 Å². The highest BCUT2D eigenvalue weighted by molar-refractivity contribution is 9.10. The molecule has 1 aromatic rings. The average Bonchev–Trinajstić information content (AvgIpc) is 2.29. The van der Waals surface area contributed by atoms with Crippen LogP contribution in [0.25, 0.3) is 0 Å². The Hall–Kier alpha value is -0.630. The van der Waals surface area contributed by atoms with Gasteiger partial charge in [-0.1, -0.05) is 0 Å². The Balaban J connectivity index is 2.88. The maximum absolute atomic E-state index is 12.1. The largest absolute Gasteiger partial charge is 0.398 e. The quantitative estimate of drug-likeness (QED) is 0.611. The van der Waals surface area contributed by atoms with E-state index in [9.17, 15) is 8.42 Å². The number of hydrogen-bond acceptors (Lipinski definition) is 4. The van der Waals surface area contributed by atoms with E-state index in [2.05, 4.69) is 20.7 Å². The van der Waals surface area contributed by atoms with Crippen LogP contribution in [0, 0.1) is 6.92 Å². The minimum absolute atomic E-state index is 0.209. The third kappa shape index (κ3) is 3.94. The number of methoxy groups -OCH3 is 1. The molecule has 0 aliphatic rings. The molecule has 0 bridgehead atoms. The summed E-state index contributed by atoms with van der Waals surface area (Å²) in [6, 6.07) is 3.15. The molecule has 3 N–H and O–H groups in total. The lowest BCUT2D eigenvalue weighted by Crippen LogP contribution is -2.26. The Kier molecular flexibility index (Phi) is 5.58. The van der Waals surface area contributed by atoms with Crippen molar-refractivity contribution in [1.29, 1.82) is 0 Å². The van der Waals surface area contributed by atoms with Crippen LogP contribution >= 0.6 is 15.9 Å². The van der Waals surface area contributed by atoms with Gasteiger partial charge in [0.25, 0.3) is 0 Å². The van der Waals surface area contributed by atoms with E-state index in [-0.39, 0.29) is 4.90 Å². The van der Waals surface area contributed by atoms with Crippen LogP contribution in [0.15, 0.2) is 21.5 Å². The van der Waals surface area contributed by atoms with Crippen molar-refractivity contribution in [2.45, 2.75) is 18.2 Å². The number of benzene rings is 1. The zero-order valence-corrected chi connectivity index (χ0v) is 12.8. The summed E-state index contributed by atoms with van der Waals surface area (Å²) in [5, 5.41) is 0. The number of sulfonamides is 1. The van der Waals surface area contributed by atoms with Gasteiger partial charge in [-0.2, -0.15) is 0 Å². The fourth-order valence-electron chi connectivity index (χ4n) is 1.46. The van der Waals surface area contributed by atoms with Crippen molar-refractivity contribution in [3.05, 3.63) is 22.2 Å². The van der Waals surface area contributed by atoms with Gasteiger partial charge in [0, 0.05) is 30.4 Å². The molecule has 0 saturated heterocycles. The van der Waals surface area contributed by atoms with Crippen LogP contribution in [-0.4, -0.2) is 28.7 Å². The lowest BCUT2D eigenvalue weighted by atomic mass is 10.2. The average molecular weight is 337 g/mol. The predicted molar refractivity (Wildman–Crippen MR) is 75.0 cm³/mol. The number of hydrogen-bond donors (Lipinski definition) is 2. The molecule has 18 heavy (non-hydrogen) atoms. The van der Waals surface area contributed by atoms with Crippen LogP contribution in [0.5, 0.6) is 0 Å². The summed E-state index contributed by atoms with van der Waals surface area (Å²) in [5.74, 6) is 0. The minimum Gasteiger partial charge on any atom is -0.398 e. The third-order valence-corrected chi connectivity index (χ3v) is 4.69. The molecule has 5 nitrogen and oxygen atoms in total. The van der Waals surface area contributed by atoms with E-state index in [1.54, 1.807) is 20.1 Å². The topological polar surface area (TPSA) is 81.4 Å². The van der Waals surface area contributed by atoms with Gasteiger partial charge in [-0.05, 0) is 47.0 Å². The zero-order chi connectivity index (χ0) is 13.8. The van der Waals surface area contributed by atoms with Crippen molar-refractivity contribution >= 4 is 31.6 Å². The monoisotopic (exact) mass is 336 g/mol. The summed E-state index contributed by atoms with van der Waals surface area (Å²) in [7, 11) is -1.94. The standard InChI is InChI=1S/C11H17BrN2O3S/c1-8-6-9(12)10(13)7-11(8)18(15,16)14-4-3-5-17-2/h6-7,14H,3-5,13H2,1-2H3. The number of aryl methyl sites for hydroxylation is 1. The number of rotatable bonds is 6. The summed E-state index contributed by atoms with van der Waals surface area (Å²) < 4.78 is 32.2. The highest BCUT2D eigenvalue weighted by atomic mass is 79.9. The normalized spacial score (nSPS) is 11.7. The molecule has 102 valence electrons. The maximum Gasteiger partial charge on any atom is 0.240 e. The fraction of sp³-hybridized carbons (Fsp3) is 0.455. The first kappa shape index (κ1) is 15.4. The van der Waals surface area contributed by atoms with Gasteiger partial charge in [0.1, 0.15) is 0 Å². The molecule has 0 heterocycles. The highest BCUT2D eigenvalue weighted by Gasteiger charge is 2.17. The van der Waals surface area contributed by atoms with Gasteiger partial charge in [0.05, 0.1) is 4.90 Å². The smallest absolute Gasteiger partial charge is 0.240 e. The third-order valence-electron chi connectivity index (χ3n) is 2.40. The number of anilines is 1. The van der Waals surface area contributed by atoms with Crippen molar-refractivity contribution in [3.63, 3.8) is 0 Å². The van der Waals surface area contributed by atoms with Gasteiger partial charge in [-0.25, -0.2) is 13.1 Å². The van der Waals surface area contributed by atoms with Crippen molar-refractivity contribution < 1.29 is 13.2 Å². The van der Waals surface area contributed by atoms with Crippen LogP contribution in [0.4, 0.5) is 5.69 Å². The first-order valence-corrected chi connectivity index (χ1v) is 7.70. The SMILES string of the molecule is COCCCNS(=O)(=O)c1cc(N)c(Br)cc1C. The number of nitrogens with two attached hydrogens (primary N) is 1. The lowest BCUT2D eigenvalue weighted by molar-refractivity contribution is 0.196. The van der Waals surface area contributed by atoms with Crippen molar-refractivity contribution in [1.82, 2.24) is 4.72 Å². The Labute approximate surface area is 116 Å². The molecule has 1 rings (SSSR count). The van der Waals surface area contributed by atoms with Crippen molar-refractivity contribution in [2.75, 3.05) is 26.0 Å². The zero-order valence-electron chi connectivity index (χ0n) is 10.4. The van der Waals surface area contributed by atoms with E-state index in [4.69, 9.17) is 10.5 Å². The molecular weight excluding hydrogens is 320 g/mol. The fourth-order valence-corrected chi connectivity index (χ4v) is 3.25. The molecule has 0 amide bonds. The summed E-state index contributed by atoms with van der Waals surface area (Å²) in [6.45, 7) is 2.59. The van der Waals surface area contributed by atoms with Gasteiger partial charge < -0.3 is 10.5 Å². The molecule has 0 unspecified atom stereocenters. The number of ether oxygens (including phenoxy) is 1. The van der Waals surface area contributed by atoms with Crippen molar-refractivity contribution in [2.24, 2.45) is 0 Å². The van der Waals surface area contributed by atoms with E-state index < -0.39 is 10.0 Å². The highest BCUT2D eigenvalue weighted by Crippen LogP contribution is 2.26. The summed E-state index contributed by atoms with van der Waals surface area (Å²) in [6.07, 6.45) is 0.626. The predicted octanol–water partition coefficient (Wildman–Crippen LogP) is 1.65. The first-order chi connectivity index (χ1) is 8.38. The Morgan fingerprint density at radius 1 is 1.44 bits per heavy atom. The van der Waals surface area contributed by atoms with Crippen LogP contribution in [0.1, 0.15) is 12.0 Å². The molecular formula is C11H17BrN2O3S. The van der Waals surface area contributed by atoms with Gasteiger partial charge in [0.2, 0.25) is 10.0 Å². The summed E-state index contributed by atoms with van der Waals surface area (Å²) >= 11 is 3.26. The van der Waals surface area contributed by atoms with E-state index in [0.717, 1.165) is 0 Å².